The van der Waals surface area contributed by atoms with Gasteiger partial charge in [-0.25, -0.2) is 5.90 Å². The first-order valence-electron chi connectivity index (χ1n) is 3.52. The van der Waals surface area contributed by atoms with Crippen LogP contribution in [-0.2, 0) is 4.84 Å². The maximum atomic E-state index is 9.48. The Hall–Kier alpha value is -0.120. The van der Waals surface area contributed by atoms with Crippen LogP contribution in [0.3, 0.4) is 0 Å². The summed E-state index contributed by atoms with van der Waals surface area (Å²) in [6.07, 6.45) is 0.712. The molecule has 0 bridgehead atoms. The average molecular weight is 147 g/mol. The largest absolute Gasteiger partial charge is 0.388 e. The van der Waals surface area contributed by atoms with Gasteiger partial charge in [0.1, 0.15) is 0 Å². The van der Waals surface area contributed by atoms with Crippen LogP contribution in [0.4, 0.5) is 0 Å². The summed E-state index contributed by atoms with van der Waals surface area (Å²) in [6.45, 7) is 6.01. The molecule has 0 aromatic carbocycles. The average Bonchev–Trinajstić information content (AvgIpc) is 1.59. The Morgan fingerprint density at radius 2 is 2.10 bits per heavy atom. The molecule has 3 nitrogen and oxygen atoms in total. The van der Waals surface area contributed by atoms with Crippen molar-refractivity contribution in [3.8, 4) is 0 Å². The Kier molecular flexibility index (Phi) is 3.86. The second-order valence-corrected chi connectivity index (χ2v) is 3.41. The normalized spacial score (nSPS) is 17.4. The van der Waals surface area contributed by atoms with Gasteiger partial charge in [-0.3, -0.25) is 0 Å². The van der Waals surface area contributed by atoms with Crippen molar-refractivity contribution in [1.82, 2.24) is 0 Å². The zero-order valence-electron chi connectivity index (χ0n) is 6.92. The van der Waals surface area contributed by atoms with Crippen LogP contribution >= 0.6 is 0 Å². The Bertz CT molecular complexity index is 91.6. The van der Waals surface area contributed by atoms with E-state index in [1.807, 2.05) is 13.8 Å². The van der Waals surface area contributed by atoms with Crippen molar-refractivity contribution in [2.45, 2.75) is 32.8 Å². The maximum absolute atomic E-state index is 9.48. The summed E-state index contributed by atoms with van der Waals surface area (Å²) in [5.74, 6) is 5.29. The highest BCUT2D eigenvalue weighted by Crippen LogP contribution is 2.15. The molecule has 0 saturated carbocycles. The van der Waals surface area contributed by atoms with Crippen LogP contribution < -0.4 is 5.90 Å². The highest BCUT2D eigenvalue weighted by molar-refractivity contribution is 4.72. The number of nitrogens with two attached hydrogens (primary N) is 1. The van der Waals surface area contributed by atoms with Crippen molar-refractivity contribution in [2.24, 2.45) is 11.8 Å². The molecular weight excluding hydrogens is 130 g/mol. The van der Waals surface area contributed by atoms with Crippen LogP contribution in [0, 0.1) is 5.92 Å². The van der Waals surface area contributed by atoms with Crippen molar-refractivity contribution in [3.63, 3.8) is 0 Å². The van der Waals surface area contributed by atoms with E-state index < -0.39 is 5.60 Å². The lowest BCUT2D eigenvalue weighted by Crippen LogP contribution is -2.33. The third-order valence-electron chi connectivity index (χ3n) is 1.24. The topological polar surface area (TPSA) is 55.5 Å². The molecule has 1 atom stereocenters. The van der Waals surface area contributed by atoms with Crippen molar-refractivity contribution in [3.05, 3.63) is 0 Å². The second-order valence-electron chi connectivity index (χ2n) is 3.41. The van der Waals surface area contributed by atoms with Gasteiger partial charge in [0.25, 0.3) is 0 Å². The molecule has 1 unspecified atom stereocenters. The minimum atomic E-state index is -0.775. The van der Waals surface area contributed by atoms with Gasteiger partial charge in [0.2, 0.25) is 0 Å². The van der Waals surface area contributed by atoms with Gasteiger partial charge < -0.3 is 9.94 Å². The van der Waals surface area contributed by atoms with Crippen LogP contribution in [0.25, 0.3) is 0 Å². The first-order valence-corrected chi connectivity index (χ1v) is 3.52. The molecule has 0 aromatic rings. The molecule has 3 heteroatoms. The summed E-state index contributed by atoms with van der Waals surface area (Å²) in [4.78, 5) is 4.36. The number of hydrogen-bond acceptors (Lipinski definition) is 3. The Morgan fingerprint density at radius 1 is 1.60 bits per heavy atom. The highest BCUT2D eigenvalue weighted by atomic mass is 16.6. The summed E-state index contributed by atoms with van der Waals surface area (Å²) < 4.78 is 0. The van der Waals surface area contributed by atoms with E-state index in [2.05, 4.69) is 4.84 Å². The Morgan fingerprint density at radius 3 is 2.40 bits per heavy atom. The van der Waals surface area contributed by atoms with E-state index in [0.717, 1.165) is 0 Å². The fourth-order valence-corrected chi connectivity index (χ4v) is 1.12. The minimum absolute atomic E-state index is 0.200. The van der Waals surface area contributed by atoms with E-state index in [0.29, 0.717) is 12.3 Å². The number of rotatable bonds is 4. The van der Waals surface area contributed by atoms with Crippen LogP contribution in [0.15, 0.2) is 0 Å². The highest BCUT2D eigenvalue weighted by Gasteiger charge is 2.21. The molecule has 0 radical (unpaired) electrons. The quantitative estimate of drug-likeness (QED) is 0.575. The first-order chi connectivity index (χ1) is 4.48. The number of aliphatic hydroxyl groups is 1. The monoisotopic (exact) mass is 147 g/mol. The van der Waals surface area contributed by atoms with Gasteiger partial charge in [-0.1, -0.05) is 13.8 Å². The molecule has 0 rings (SSSR count). The van der Waals surface area contributed by atoms with Crippen molar-refractivity contribution >= 4 is 0 Å². The summed E-state index contributed by atoms with van der Waals surface area (Å²) in [5.41, 5.74) is -0.775. The standard InChI is InChI=1S/C7H17NO2/c1-6(2)4-7(3,9)5-10-8/h6,9H,4-5,8H2,1-3H3. The van der Waals surface area contributed by atoms with Crippen molar-refractivity contribution < 1.29 is 9.94 Å². The van der Waals surface area contributed by atoms with E-state index in [1.54, 1.807) is 6.92 Å². The molecule has 10 heavy (non-hydrogen) atoms. The lowest BCUT2D eigenvalue weighted by atomic mass is 9.95. The van der Waals surface area contributed by atoms with Gasteiger partial charge >= 0.3 is 0 Å². The van der Waals surface area contributed by atoms with Gasteiger partial charge in [-0.05, 0) is 19.3 Å². The van der Waals surface area contributed by atoms with E-state index in [1.165, 1.54) is 0 Å². The second kappa shape index (κ2) is 3.91. The van der Waals surface area contributed by atoms with Crippen LogP contribution in [0.2, 0.25) is 0 Å². The molecule has 0 heterocycles. The molecule has 3 N–H and O–H groups in total. The third kappa shape index (κ3) is 4.73. The molecule has 0 aromatic heterocycles. The summed E-state index contributed by atoms with van der Waals surface area (Å²) in [7, 11) is 0. The van der Waals surface area contributed by atoms with Gasteiger partial charge in [-0.2, -0.15) is 0 Å². The van der Waals surface area contributed by atoms with Gasteiger partial charge in [0, 0.05) is 0 Å². The first kappa shape index (κ1) is 9.88. The fraction of sp³-hybridized carbons (Fsp3) is 1.00. The smallest absolute Gasteiger partial charge is 0.0964 e. The zero-order chi connectivity index (χ0) is 8.20. The van der Waals surface area contributed by atoms with E-state index >= 15 is 0 Å². The summed E-state index contributed by atoms with van der Waals surface area (Å²) in [6, 6.07) is 0. The predicted molar refractivity (Wildman–Crippen MR) is 40.2 cm³/mol. The van der Waals surface area contributed by atoms with Crippen LogP contribution in [0.1, 0.15) is 27.2 Å². The lowest BCUT2D eigenvalue weighted by molar-refractivity contribution is -0.0466. The minimum Gasteiger partial charge on any atom is -0.388 e. The molecule has 0 aliphatic rings. The molecule has 0 aliphatic carbocycles. The predicted octanol–water partition coefficient (Wildman–Crippen LogP) is 0.674. The maximum Gasteiger partial charge on any atom is 0.0964 e. The van der Waals surface area contributed by atoms with E-state index in [4.69, 9.17) is 5.90 Å². The van der Waals surface area contributed by atoms with Crippen LogP contribution in [0.5, 0.6) is 0 Å². The molecule has 62 valence electrons. The molecule has 0 saturated heterocycles. The molecule has 0 spiro atoms. The molecule has 0 fully saturated rings. The van der Waals surface area contributed by atoms with E-state index in [9.17, 15) is 5.11 Å². The van der Waals surface area contributed by atoms with Gasteiger partial charge in [0.15, 0.2) is 0 Å². The molecular formula is C7H17NO2. The van der Waals surface area contributed by atoms with Gasteiger partial charge in [0.05, 0.1) is 12.2 Å². The zero-order valence-corrected chi connectivity index (χ0v) is 6.92. The van der Waals surface area contributed by atoms with Crippen molar-refractivity contribution in [2.75, 3.05) is 6.61 Å². The van der Waals surface area contributed by atoms with Crippen molar-refractivity contribution in [1.29, 1.82) is 0 Å². The SMILES string of the molecule is CC(C)CC(C)(O)CON. The Labute approximate surface area is 62.1 Å². The molecule has 0 aliphatic heterocycles. The van der Waals surface area contributed by atoms with Gasteiger partial charge in [-0.15, -0.1) is 0 Å². The summed E-state index contributed by atoms with van der Waals surface area (Å²) >= 11 is 0. The lowest BCUT2D eigenvalue weighted by Gasteiger charge is -2.23. The fourth-order valence-electron chi connectivity index (χ4n) is 1.12. The third-order valence-corrected chi connectivity index (χ3v) is 1.24. The van der Waals surface area contributed by atoms with E-state index in [-0.39, 0.29) is 6.61 Å². The molecule has 0 amide bonds. The Balaban J connectivity index is 3.63. The summed E-state index contributed by atoms with van der Waals surface area (Å²) in [5, 5.41) is 9.48. The van der Waals surface area contributed by atoms with Crippen LogP contribution in [-0.4, -0.2) is 17.3 Å². The number of hydrogen-bond donors (Lipinski definition) is 2.